The third-order valence-corrected chi connectivity index (χ3v) is 2.46. The minimum atomic E-state index is 0.00921. The first kappa shape index (κ1) is 12.8. The summed E-state index contributed by atoms with van der Waals surface area (Å²) in [5.41, 5.74) is 1.84. The van der Waals surface area contributed by atoms with E-state index in [0.717, 1.165) is 11.4 Å². The topological polar surface area (TPSA) is 32.3 Å². The molecule has 0 unspecified atom stereocenters. The molecule has 0 saturated carbocycles. The van der Waals surface area contributed by atoms with Crippen LogP contribution < -0.4 is 10.2 Å². The molecule has 0 radical (unpaired) electrons. The summed E-state index contributed by atoms with van der Waals surface area (Å²) < 4.78 is 0. The van der Waals surface area contributed by atoms with E-state index >= 15 is 0 Å². The zero-order valence-corrected chi connectivity index (χ0v) is 10.4. The van der Waals surface area contributed by atoms with Crippen molar-refractivity contribution in [3.05, 3.63) is 24.3 Å². The van der Waals surface area contributed by atoms with Gasteiger partial charge in [0.25, 0.3) is 0 Å². The van der Waals surface area contributed by atoms with Gasteiger partial charge < -0.3 is 10.2 Å². The third kappa shape index (κ3) is 3.74. The van der Waals surface area contributed by atoms with Gasteiger partial charge >= 0.3 is 0 Å². The molecule has 1 amide bonds. The lowest BCUT2D eigenvalue weighted by atomic mass is 10.2. The summed E-state index contributed by atoms with van der Waals surface area (Å²) in [4.78, 5) is 13.5. The molecule has 1 aromatic carbocycles. The fourth-order valence-corrected chi connectivity index (χ4v) is 1.54. The van der Waals surface area contributed by atoms with Gasteiger partial charge in [-0.05, 0) is 18.6 Å². The molecule has 0 fully saturated rings. The molecule has 3 nitrogen and oxygen atoms in total. The van der Waals surface area contributed by atoms with Gasteiger partial charge in [-0.1, -0.05) is 12.1 Å². The van der Waals surface area contributed by atoms with Crippen LogP contribution in [-0.2, 0) is 4.79 Å². The van der Waals surface area contributed by atoms with E-state index in [4.69, 9.17) is 11.6 Å². The zero-order valence-electron chi connectivity index (χ0n) is 9.66. The fraction of sp³-hybridized carbons (Fsp3) is 0.417. The highest BCUT2D eigenvalue weighted by molar-refractivity contribution is 6.18. The van der Waals surface area contributed by atoms with Crippen LogP contribution in [0.4, 0.5) is 11.4 Å². The molecule has 4 heteroatoms. The van der Waals surface area contributed by atoms with Crippen LogP contribution in [0.5, 0.6) is 0 Å². The molecule has 1 N–H and O–H groups in total. The second kappa shape index (κ2) is 6.38. The van der Waals surface area contributed by atoms with Gasteiger partial charge in [0.1, 0.15) is 0 Å². The number of anilines is 2. The molecule has 1 rings (SSSR count). The highest BCUT2D eigenvalue weighted by Gasteiger charge is 2.06. The molecule has 0 saturated heterocycles. The van der Waals surface area contributed by atoms with Crippen LogP contribution >= 0.6 is 11.6 Å². The fourth-order valence-electron chi connectivity index (χ4n) is 1.41. The van der Waals surface area contributed by atoms with E-state index < -0.39 is 0 Å². The average molecular weight is 241 g/mol. The predicted octanol–water partition coefficient (Wildman–Crippen LogP) is 2.71. The van der Waals surface area contributed by atoms with Crippen molar-refractivity contribution in [2.75, 3.05) is 30.2 Å². The summed E-state index contributed by atoms with van der Waals surface area (Å²) in [6, 6.07) is 7.72. The molecule has 0 atom stereocenters. The number of carbonyl (C=O) groups is 1. The van der Waals surface area contributed by atoms with Crippen LogP contribution in [0.3, 0.4) is 0 Å². The third-order valence-electron chi connectivity index (χ3n) is 2.20. The highest BCUT2D eigenvalue weighted by Crippen LogP contribution is 2.23. The Morgan fingerprint density at radius 3 is 2.69 bits per heavy atom. The van der Waals surface area contributed by atoms with E-state index in [1.54, 1.807) is 0 Å². The first-order valence-corrected chi connectivity index (χ1v) is 5.80. The number of hydrogen-bond acceptors (Lipinski definition) is 2. The lowest BCUT2D eigenvalue weighted by Gasteiger charge is -2.17. The molecule has 0 bridgehead atoms. The van der Waals surface area contributed by atoms with Crippen molar-refractivity contribution in [3.8, 4) is 0 Å². The largest absolute Gasteiger partial charge is 0.376 e. The number of nitrogens with zero attached hydrogens (tertiary/aromatic N) is 1. The molecular weight excluding hydrogens is 224 g/mol. The molecule has 0 aliphatic heterocycles. The van der Waals surface area contributed by atoms with Crippen molar-refractivity contribution in [2.45, 2.75) is 12.8 Å². The molecule has 88 valence electrons. The van der Waals surface area contributed by atoms with Crippen LogP contribution in [0.25, 0.3) is 0 Å². The van der Waals surface area contributed by atoms with Crippen molar-refractivity contribution in [3.63, 3.8) is 0 Å². The summed E-state index contributed by atoms with van der Waals surface area (Å²) in [6.07, 6.45) is 1.17. The molecular formula is C12H17ClN2O. The standard InChI is InChI=1S/C12H17ClN2O/c1-15(2)11-7-4-3-6-10(11)14-12(16)8-5-9-13/h3-4,6-7H,5,8-9H2,1-2H3,(H,14,16). The maximum atomic E-state index is 11.6. The van der Waals surface area contributed by atoms with Crippen LogP contribution in [0.2, 0.25) is 0 Å². The molecule has 0 aromatic heterocycles. The number of carbonyl (C=O) groups excluding carboxylic acids is 1. The second-order valence-electron chi connectivity index (χ2n) is 3.75. The van der Waals surface area contributed by atoms with Crippen molar-refractivity contribution in [2.24, 2.45) is 0 Å². The number of para-hydroxylation sites is 2. The molecule has 1 aromatic rings. The van der Waals surface area contributed by atoms with Gasteiger partial charge in [-0.3, -0.25) is 4.79 Å². The molecule has 0 aliphatic rings. The Balaban J connectivity index is 2.69. The summed E-state index contributed by atoms with van der Waals surface area (Å²) in [7, 11) is 3.90. The minimum absolute atomic E-state index is 0.00921. The number of benzene rings is 1. The number of alkyl halides is 1. The molecule has 0 heterocycles. The Hall–Kier alpha value is -1.22. The van der Waals surface area contributed by atoms with E-state index in [2.05, 4.69) is 5.32 Å². The highest BCUT2D eigenvalue weighted by atomic mass is 35.5. The maximum absolute atomic E-state index is 11.6. The van der Waals surface area contributed by atoms with Crippen molar-refractivity contribution < 1.29 is 4.79 Å². The summed E-state index contributed by atoms with van der Waals surface area (Å²) in [6.45, 7) is 0. The summed E-state index contributed by atoms with van der Waals surface area (Å²) in [5, 5.41) is 2.89. The van der Waals surface area contributed by atoms with E-state index in [-0.39, 0.29) is 5.91 Å². The van der Waals surface area contributed by atoms with Crippen LogP contribution in [0.15, 0.2) is 24.3 Å². The number of halogens is 1. The number of nitrogens with one attached hydrogen (secondary N) is 1. The normalized spacial score (nSPS) is 9.94. The van der Waals surface area contributed by atoms with E-state index in [1.165, 1.54) is 0 Å². The second-order valence-corrected chi connectivity index (χ2v) is 4.13. The van der Waals surface area contributed by atoms with Gasteiger partial charge in [0.2, 0.25) is 5.91 Å². The van der Waals surface area contributed by atoms with Crippen LogP contribution in [0.1, 0.15) is 12.8 Å². The number of hydrogen-bond donors (Lipinski definition) is 1. The minimum Gasteiger partial charge on any atom is -0.376 e. The van der Waals surface area contributed by atoms with E-state index in [0.29, 0.717) is 18.7 Å². The van der Waals surface area contributed by atoms with Gasteiger partial charge in [-0.2, -0.15) is 0 Å². The van der Waals surface area contributed by atoms with E-state index in [9.17, 15) is 4.79 Å². The van der Waals surface area contributed by atoms with Gasteiger partial charge in [-0.15, -0.1) is 11.6 Å². The lowest BCUT2D eigenvalue weighted by Crippen LogP contribution is -2.16. The van der Waals surface area contributed by atoms with Crippen molar-refractivity contribution >= 4 is 28.9 Å². The predicted molar refractivity (Wildman–Crippen MR) is 69.4 cm³/mol. The van der Waals surface area contributed by atoms with Crippen LogP contribution in [0, 0.1) is 0 Å². The van der Waals surface area contributed by atoms with E-state index in [1.807, 2.05) is 43.3 Å². The molecule has 0 spiro atoms. The van der Waals surface area contributed by atoms with Gasteiger partial charge in [0.05, 0.1) is 11.4 Å². The Morgan fingerprint density at radius 2 is 2.06 bits per heavy atom. The van der Waals surface area contributed by atoms with Crippen molar-refractivity contribution in [1.82, 2.24) is 0 Å². The summed E-state index contributed by atoms with van der Waals surface area (Å²) in [5.74, 6) is 0.526. The Bertz CT molecular complexity index is 353. The SMILES string of the molecule is CN(C)c1ccccc1NC(=O)CCCCl. The Labute approximate surface area is 101 Å². The smallest absolute Gasteiger partial charge is 0.224 e. The van der Waals surface area contributed by atoms with Crippen LogP contribution in [-0.4, -0.2) is 25.9 Å². The van der Waals surface area contributed by atoms with Gasteiger partial charge in [0.15, 0.2) is 0 Å². The first-order valence-electron chi connectivity index (χ1n) is 5.27. The number of rotatable bonds is 5. The maximum Gasteiger partial charge on any atom is 0.224 e. The molecule has 0 aliphatic carbocycles. The average Bonchev–Trinajstić information content (AvgIpc) is 2.27. The monoisotopic (exact) mass is 240 g/mol. The quantitative estimate of drug-likeness (QED) is 0.803. The Morgan fingerprint density at radius 1 is 1.38 bits per heavy atom. The van der Waals surface area contributed by atoms with Gasteiger partial charge in [-0.25, -0.2) is 0 Å². The van der Waals surface area contributed by atoms with Crippen molar-refractivity contribution in [1.29, 1.82) is 0 Å². The Kier molecular flexibility index (Phi) is 5.12. The summed E-state index contributed by atoms with van der Waals surface area (Å²) >= 11 is 5.54. The first-order chi connectivity index (χ1) is 7.65. The lowest BCUT2D eigenvalue weighted by molar-refractivity contribution is -0.116. The number of amides is 1. The zero-order chi connectivity index (χ0) is 12.0. The van der Waals surface area contributed by atoms with Gasteiger partial charge in [0, 0.05) is 26.4 Å². The molecule has 16 heavy (non-hydrogen) atoms.